The Hall–Kier alpha value is -3.98. The number of benzene rings is 1. The molecule has 1 aliphatic heterocycles. The van der Waals surface area contributed by atoms with Crippen LogP contribution in [0.1, 0.15) is 58.8 Å². The number of H-pyrrole nitrogens is 1. The molecule has 1 saturated heterocycles. The van der Waals surface area contributed by atoms with Crippen molar-refractivity contribution >= 4 is 16.8 Å². The van der Waals surface area contributed by atoms with Crippen LogP contribution in [0.25, 0.3) is 10.9 Å². The van der Waals surface area contributed by atoms with Gasteiger partial charge in [0.25, 0.3) is 11.5 Å². The van der Waals surface area contributed by atoms with E-state index in [9.17, 15) is 9.59 Å². The highest BCUT2D eigenvalue weighted by Crippen LogP contribution is 2.36. The minimum absolute atomic E-state index is 0.0803. The van der Waals surface area contributed by atoms with Crippen LogP contribution in [0.2, 0.25) is 0 Å². The van der Waals surface area contributed by atoms with E-state index in [4.69, 9.17) is 4.74 Å². The number of amides is 1. The Labute approximate surface area is 228 Å². The van der Waals surface area contributed by atoms with E-state index in [1.807, 2.05) is 31.2 Å². The molecule has 9 nitrogen and oxygen atoms in total. The molecule has 2 N–H and O–H groups in total. The number of methoxy groups -OCH3 is 1. The molecule has 0 spiro atoms. The number of carbonyl (C=O) groups excluding carboxylic acids is 1. The van der Waals surface area contributed by atoms with Crippen LogP contribution in [-0.4, -0.2) is 50.5 Å². The van der Waals surface area contributed by atoms with Gasteiger partial charge in [0.15, 0.2) is 0 Å². The molecule has 3 aromatic heterocycles. The Kier molecular flexibility index (Phi) is 7.79. The second kappa shape index (κ2) is 11.4. The molecule has 0 bridgehead atoms. The molecule has 4 heterocycles. The number of piperidine rings is 1. The van der Waals surface area contributed by atoms with Crippen molar-refractivity contribution in [2.24, 2.45) is 5.92 Å². The quantitative estimate of drug-likeness (QED) is 0.356. The average molecular weight is 529 g/mol. The molecule has 9 heteroatoms. The number of ether oxygens (including phenoxy) is 1. The second-order valence-electron chi connectivity index (χ2n) is 10.4. The summed E-state index contributed by atoms with van der Waals surface area (Å²) in [5.74, 6) is 0.763. The van der Waals surface area contributed by atoms with Gasteiger partial charge in [-0.3, -0.25) is 14.5 Å². The van der Waals surface area contributed by atoms with E-state index in [0.717, 1.165) is 54.8 Å². The van der Waals surface area contributed by atoms with Crippen molar-refractivity contribution in [2.75, 3.05) is 20.2 Å². The molecule has 4 aromatic rings. The van der Waals surface area contributed by atoms with Crippen molar-refractivity contribution in [3.05, 3.63) is 87.5 Å². The molecule has 0 aliphatic carbocycles. The average Bonchev–Trinajstić information content (AvgIpc) is 3.24. The summed E-state index contributed by atoms with van der Waals surface area (Å²) >= 11 is 0. The van der Waals surface area contributed by atoms with Crippen LogP contribution in [0, 0.1) is 19.8 Å². The van der Waals surface area contributed by atoms with Gasteiger partial charge in [0, 0.05) is 41.1 Å². The minimum Gasteiger partial charge on any atom is -0.496 e. The normalized spacial score (nSPS) is 15.4. The van der Waals surface area contributed by atoms with E-state index in [0.29, 0.717) is 28.5 Å². The minimum atomic E-state index is -0.258. The molecule has 0 unspecified atom stereocenters. The largest absolute Gasteiger partial charge is 0.496 e. The van der Waals surface area contributed by atoms with Crippen LogP contribution in [0.15, 0.2) is 53.7 Å². The summed E-state index contributed by atoms with van der Waals surface area (Å²) in [4.78, 5) is 39.7. The Balaban J connectivity index is 1.35. The maximum absolute atomic E-state index is 13.6. The fourth-order valence-corrected chi connectivity index (χ4v) is 5.94. The van der Waals surface area contributed by atoms with Gasteiger partial charge in [-0.05, 0) is 70.8 Å². The van der Waals surface area contributed by atoms with Gasteiger partial charge in [-0.1, -0.05) is 18.2 Å². The molecule has 204 valence electrons. The highest BCUT2D eigenvalue weighted by molar-refractivity contribution is 6.08. The van der Waals surface area contributed by atoms with Crippen LogP contribution in [0.5, 0.6) is 5.75 Å². The predicted molar refractivity (Wildman–Crippen MR) is 151 cm³/mol. The van der Waals surface area contributed by atoms with E-state index >= 15 is 0 Å². The summed E-state index contributed by atoms with van der Waals surface area (Å²) in [7, 11) is 1.53. The number of aryl methyl sites for hydroxylation is 1. The van der Waals surface area contributed by atoms with Gasteiger partial charge in [-0.2, -0.15) is 0 Å². The molecule has 1 aromatic carbocycles. The van der Waals surface area contributed by atoms with E-state index in [2.05, 4.69) is 42.7 Å². The number of hydrogen-bond donors (Lipinski definition) is 2. The molecular formula is C30H36N6O3. The summed E-state index contributed by atoms with van der Waals surface area (Å²) in [5, 5.41) is 3.90. The van der Waals surface area contributed by atoms with Crippen LogP contribution in [0.4, 0.5) is 0 Å². The van der Waals surface area contributed by atoms with Gasteiger partial charge in [0.05, 0.1) is 30.5 Å². The second-order valence-corrected chi connectivity index (χ2v) is 10.4. The lowest BCUT2D eigenvalue weighted by Gasteiger charge is -2.36. The Morgan fingerprint density at radius 1 is 1.21 bits per heavy atom. The molecule has 1 fully saturated rings. The van der Waals surface area contributed by atoms with Gasteiger partial charge in [-0.15, -0.1) is 0 Å². The third kappa shape index (κ3) is 5.45. The SMILES string of the molecule is COc1cc(C)[nH]c(=O)c1CNC(=O)c1c(C)n([C@H](C)C2CCN(Cc3ccncn3)CC2)c2ccccc12. The monoisotopic (exact) mass is 528 g/mol. The van der Waals surface area contributed by atoms with Gasteiger partial charge in [0.2, 0.25) is 0 Å². The number of pyridine rings is 1. The lowest BCUT2D eigenvalue weighted by atomic mass is 9.90. The Morgan fingerprint density at radius 2 is 1.97 bits per heavy atom. The number of nitrogens with one attached hydrogen (secondary N) is 2. The first-order valence-electron chi connectivity index (χ1n) is 13.5. The standard InChI is InChI=1S/C30H36N6O3/c1-19-15-27(39-4)25(29(37)34-19)16-32-30(38)28-21(3)36(26-8-6-5-7-24(26)28)20(2)22-10-13-35(14-11-22)17-23-9-12-31-18-33-23/h5-9,12,15,18,20,22H,10-11,13-14,16-17H2,1-4H3,(H,32,38)(H,34,37)/t20-/m1/s1. The zero-order valence-electron chi connectivity index (χ0n) is 23.0. The van der Waals surface area contributed by atoms with Crippen LogP contribution < -0.4 is 15.6 Å². The van der Waals surface area contributed by atoms with Crippen molar-refractivity contribution in [3.63, 3.8) is 0 Å². The lowest BCUT2D eigenvalue weighted by molar-refractivity contribution is 0.0951. The Bertz CT molecular complexity index is 1520. The third-order valence-corrected chi connectivity index (χ3v) is 8.01. The van der Waals surface area contributed by atoms with Crippen LogP contribution >= 0.6 is 0 Å². The van der Waals surface area contributed by atoms with Gasteiger partial charge >= 0.3 is 0 Å². The zero-order valence-corrected chi connectivity index (χ0v) is 23.0. The summed E-state index contributed by atoms with van der Waals surface area (Å²) in [6, 6.07) is 12.1. The van der Waals surface area contributed by atoms with Crippen molar-refractivity contribution < 1.29 is 9.53 Å². The zero-order chi connectivity index (χ0) is 27.5. The maximum Gasteiger partial charge on any atom is 0.256 e. The highest BCUT2D eigenvalue weighted by Gasteiger charge is 2.29. The third-order valence-electron chi connectivity index (χ3n) is 8.01. The van der Waals surface area contributed by atoms with Gasteiger partial charge in [0.1, 0.15) is 12.1 Å². The first-order valence-corrected chi connectivity index (χ1v) is 13.5. The van der Waals surface area contributed by atoms with E-state index in [-0.39, 0.29) is 24.1 Å². The predicted octanol–water partition coefficient (Wildman–Crippen LogP) is 4.15. The smallest absolute Gasteiger partial charge is 0.256 e. The summed E-state index contributed by atoms with van der Waals surface area (Å²) in [6.45, 7) is 9.03. The van der Waals surface area contributed by atoms with Crippen molar-refractivity contribution in [1.82, 2.24) is 29.7 Å². The number of nitrogens with zero attached hydrogens (tertiary/aromatic N) is 4. The van der Waals surface area contributed by atoms with Crippen LogP contribution in [-0.2, 0) is 13.1 Å². The van der Waals surface area contributed by atoms with Gasteiger partial charge in [-0.25, -0.2) is 9.97 Å². The number of para-hydroxylation sites is 1. The number of aromatic nitrogens is 4. The number of likely N-dealkylation sites (tertiary alicyclic amines) is 1. The van der Waals surface area contributed by atoms with Crippen molar-refractivity contribution in [1.29, 1.82) is 0 Å². The summed E-state index contributed by atoms with van der Waals surface area (Å²) < 4.78 is 7.72. The molecule has 0 saturated carbocycles. The molecule has 1 amide bonds. The highest BCUT2D eigenvalue weighted by atomic mass is 16.5. The van der Waals surface area contributed by atoms with E-state index in [1.165, 1.54) is 7.11 Å². The number of fused-ring (bicyclic) bond motifs is 1. The maximum atomic E-state index is 13.6. The fourth-order valence-electron chi connectivity index (χ4n) is 5.94. The van der Waals surface area contributed by atoms with E-state index < -0.39 is 0 Å². The molecule has 39 heavy (non-hydrogen) atoms. The van der Waals surface area contributed by atoms with E-state index in [1.54, 1.807) is 25.5 Å². The van der Waals surface area contributed by atoms with Crippen molar-refractivity contribution in [2.45, 2.75) is 52.7 Å². The fraction of sp³-hybridized carbons (Fsp3) is 0.400. The first-order chi connectivity index (χ1) is 18.9. The van der Waals surface area contributed by atoms with Gasteiger partial charge < -0.3 is 19.6 Å². The Morgan fingerprint density at radius 3 is 2.69 bits per heavy atom. The number of carbonyl (C=O) groups is 1. The number of aromatic amines is 1. The van der Waals surface area contributed by atoms with Crippen molar-refractivity contribution in [3.8, 4) is 5.75 Å². The number of hydrogen-bond acceptors (Lipinski definition) is 6. The first kappa shape index (κ1) is 26.6. The lowest BCUT2D eigenvalue weighted by Crippen LogP contribution is -2.36. The molecule has 1 aliphatic rings. The summed E-state index contributed by atoms with van der Waals surface area (Å²) in [5.41, 5.74) is 4.55. The molecular weight excluding hydrogens is 492 g/mol. The molecule has 5 rings (SSSR count). The molecule has 1 atom stereocenters. The number of rotatable bonds is 8. The van der Waals surface area contributed by atoms with Crippen LogP contribution in [0.3, 0.4) is 0 Å². The topological polar surface area (TPSA) is 105 Å². The molecule has 0 radical (unpaired) electrons. The summed E-state index contributed by atoms with van der Waals surface area (Å²) in [6.07, 6.45) is 5.55.